The number of aliphatic hydroxyl groups excluding tert-OH is 1. The minimum atomic E-state index is -1.04. The molecule has 2 rings (SSSR count). The Morgan fingerprint density at radius 1 is 1.19 bits per heavy atom. The van der Waals surface area contributed by atoms with E-state index in [1.54, 1.807) is 4.90 Å². The third-order valence-corrected chi connectivity index (χ3v) is 4.43. The van der Waals surface area contributed by atoms with Crippen LogP contribution in [0, 0.1) is 0 Å². The zero-order valence-corrected chi connectivity index (χ0v) is 12.7. The molecule has 0 spiro atoms. The van der Waals surface area contributed by atoms with Gasteiger partial charge in [-0.05, 0) is 26.4 Å². The SMILES string of the molecule is CCC1CN(C)CCCN1C(=O)N1C[C@H](O)C[C@H]1C(=O)O. The molecule has 0 aliphatic carbocycles. The molecule has 2 aliphatic rings. The summed E-state index contributed by atoms with van der Waals surface area (Å²) >= 11 is 0. The number of aliphatic carboxylic acids is 1. The van der Waals surface area contributed by atoms with Crippen molar-refractivity contribution in [2.45, 2.75) is 44.4 Å². The van der Waals surface area contributed by atoms with Crippen molar-refractivity contribution in [3.05, 3.63) is 0 Å². The summed E-state index contributed by atoms with van der Waals surface area (Å²) < 4.78 is 0. The fourth-order valence-corrected chi connectivity index (χ4v) is 3.27. The maximum absolute atomic E-state index is 12.7. The zero-order valence-electron chi connectivity index (χ0n) is 12.7. The maximum Gasteiger partial charge on any atom is 0.326 e. The van der Waals surface area contributed by atoms with Gasteiger partial charge in [-0.1, -0.05) is 6.92 Å². The van der Waals surface area contributed by atoms with Gasteiger partial charge in [0.15, 0.2) is 0 Å². The number of hydrogen-bond acceptors (Lipinski definition) is 4. The third kappa shape index (κ3) is 3.47. The third-order valence-electron chi connectivity index (χ3n) is 4.43. The molecule has 7 heteroatoms. The van der Waals surface area contributed by atoms with Crippen molar-refractivity contribution in [2.24, 2.45) is 0 Å². The van der Waals surface area contributed by atoms with Crippen molar-refractivity contribution in [1.29, 1.82) is 0 Å². The van der Waals surface area contributed by atoms with Crippen LogP contribution in [0.5, 0.6) is 0 Å². The average Bonchev–Trinajstić information content (AvgIpc) is 2.72. The summed E-state index contributed by atoms with van der Waals surface area (Å²) in [6, 6.07) is -1.07. The maximum atomic E-state index is 12.7. The lowest BCUT2D eigenvalue weighted by Gasteiger charge is -2.34. The topological polar surface area (TPSA) is 84.3 Å². The summed E-state index contributed by atoms with van der Waals surface area (Å²) in [5, 5.41) is 18.9. The van der Waals surface area contributed by atoms with Gasteiger partial charge in [-0.2, -0.15) is 0 Å². The number of carbonyl (C=O) groups excluding carboxylic acids is 1. The molecular formula is C14H25N3O4. The van der Waals surface area contributed by atoms with Gasteiger partial charge in [0.25, 0.3) is 0 Å². The molecule has 2 fully saturated rings. The van der Waals surface area contributed by atoms with Gasteiger partial charge in [-0.3, -0.25) is 0 Å². The highest BCUT2D eigenvalue weighted by molar-refractivity contribution is 5.83. The Morgan fingerprint density at radius 3 is 2.52 bits per heavy atom. The lowest BCUT2D eigenvalue weighted by molar-refractivity contribution is -0.141. The first-order chi connectivity index (χ1) is 9.93. The molecule has 2 heterocycles. The van der Waals surface area contributed by atoms with E-state index in [-0.39, 0.29) is 25.0 Å². The van der Waals surface area contributed by atoms with E-state index in [9.17, 15) is 19.8 Å². The number of amides is 2. The van der Waals surface area contributed by atoms with Gasteiger partial charge < -0.3 is 24.9 Å². The smallest absolute Gasteiger partial charge is 0.326 e. The molecule has 2 N–H and O–H groups in total. The van der Waals surface area contributed by atoms with E-state index in [0.717, 1.165) is 25.9 Å². The van der Waals surface area contributed by atoms with Crippen molar-refractivity contribution in [3.63, 3.8) is 0 Å². The molecule has 0 aromatic heterocycles. The van der Waals surface area contributed by atoms with Crippen LogP contribution in [0.25, 0.3) is 0 Å². The van der Waals surface area contributed by atoms with Gasteiger partial charge in [0.1, 0.15) is 6.04 Å². The molecule has 0 aromatic carbocycles. The number of urea groups is 1. The second-order valence-electron chi connectivity index (χ2n) is 6.05. The van der Waals surface area contributed by atoms with Crippen molar-refractivity contribution < 1.29 is 19.8 Å². The van der Waals surface area contributed by atoms with Crippen LogP contribution in [-0.2, 0) is 4.79 Å². The van der Waals surface area contributed by atoms with Crippen LogP contribution in [0.15, 0.2) is 0 Å². The molecule has 0 bridgehead atoms. The molecule has 7 nitrogen and oxygen atoms in total. The van der Waals surface area contributed by atoms with Crippen LogP contribution >= 0.6 is 0 Å². The highest BCUT2D eigenvalue weighted by Gasteiger charge is 2.42. The lowest BCUT2D eigenvalue weighted by Crippen LogP contribution is -2.52. The first-order valence-corrected chi connectivity index (χ1v) is 7.60. The number of likely N-dealkylation sites (tertiary alicyclic amines) is 1. The van der Waals surface area contributed by atoms with Crippen LogP contribution in [0.4, 0.5) is 4.79 Å². The number of carbonyl (C=O) groups is 2. The molecule has 0 saturated carbocycles. The van der Waals surface area contributed by atoms with Crippen molar-refractivity contribution in [2.75, 3.05) is 33.2 Å². The molecule has 1 unspecified atom stereocenters. The minimum Gasteiger partial charge on any atom is -0.480 e. The second-order valence-corrected chi connectivity index (χ2v) is 6.05. The van der Waals surface area contributed by atoms with Crippen molar-refractivity contribution >= 4 is 12.0 Å². The molecule has 2 saturated heterocycles. The first kappa shape index (κ1) is 16.0. The molecule has 21 heavy (non-hydrogen) atoms. The number of hydrogen-bond donors (Lipinski definition) is 2. The van der Waals surface area contributed by atoms with E-state index in [2.05, 4.69) is 4.90 Å². The van der Waals surface area contributed by atoms with E-state index in [1.165, 1.54) is 4.90 Å². The van der Waals surface area contributed by atoms with E-state index < -0.39 is 18.1 Å². The summed E-state index contributed by atoms with van der Waals surface area (Å²) in [5.74, 6) is -1.04. The van der Waals surface area contributed by atoms with Crippen LogP contribution in [0.2, 0.25) is 0 Å². The summed E-state index contributed by atoms with van der Waals surface area (Å²) in [5.41, 5.74) is 0. The van der Waals surface area contributed by atoms with Crippen molar-refractivity contribution in [3.8, 4) is 0 Å². The Morgan fingerprint density at radius 2 is 1.90 bits per heavy atom. The molecule has 2 aliphatic heterocycles. The largest absolute Gasteiger partial charge is 0.480 e. The van der Waals surface area contributed by atoms with Gasteiger partial charge in [-0.25, -0.2) is 9.59 Å². The summed E-state index contributed by atoms with van der Waals surface area (Å²) in [7, 11) is 2.04. The second kappa shape index (κ2) is 6.62. The molecule has 3 atom stereocenters. The predicted octanol–water partition coefficient (Wildman–Crippen LogP) is 0.0423. The lowest BCUT2D eigenvalue weighted by atomic mass is 10.2. The summed E-state index contributed by atoms with van der Waals surface area (Å²) in [6.07, 6.45) is 1.09. The Kier molecular flexibility index (Phi) is 5.05. The molecular weight excluding hydrogens is 274 g/mol. The van der Waals surface area contributed by atoms with E-state index in [0.29, 0.717) is 6.54 Å². The number of carboxylic acid groups (broad SMARTS) is 1. The molecule has 0 aromatic rings. The fraction of sp³-hybridized carbons (Fsp3) is 0.857. The van der Waals surface area contributed by atoms with Gasteiger partial charge in [0.05, 0.1) is 6.10 Å². The van der Waals surface area contributed by atoms with Crippen molar-refractivity contribution in [1.82, 2.24) is 14.7 Å². The van der Waals surface area contributed by atoms with Gasteiger partial charge >= 0.3 is 12.0 Å². The summed E-state index contributed by atoms with van der Waals surface area (Å²) in [6.45, 7) is 4.53. The highest BCUT2D eigenvalue weighted by atomic mass is 16.4. The van der Waals surface area contributed by atoms with E-state index >= 15 is 0 Å². The van der Waals surface area contributed by atoms with Crippen LogP contribution in [-0.4, -0.2) is 88.3 Å². The average molecular weight is 299 g/mol. The Hall–Kier alpha value is -1.34. The van der Waals surface area contributed by atoms with Gasteiger partial charge in [-0.15, -0.1) is 0 Å². The number of carboxylic acids is 1. The van der Waals surface area contributed by atoms with Crippen LogP contribution in [0.3, 0.4) is 0 Å². The number of aliphatic hydroxyl groups is 1. The normalized spacial score (nSPS) is 31.3. The fourth-order valence-electron chi connectivity index (χ4n) is 3.27. The van der Waals surface area contributed by atoms with Crippen LogP contribution in [0.1, 0.15) is 26.2 Å². The molecule has 120 valence electrons. The number of rotatable bonds is 2. The van der Waals surface area contributed by atoms with Crippen LogP contribution < -0.4 is 0 Å². The number of nitrogens with zero attached hydrogens (tertiary/aromatic N) is 3. The van der Waals surface area contributed by atoms with Gasteiger partial charge in [0, 0.05) is 32.1 Å². The Balaban J connectivity index is 2.14. The molecule has 0 radical (unpaired) electrons. The summed E-state index contributed by atoms with van der Waals surface area (Å²) in [4.78, 5) is 29.3. The number of likely N-dealkylation sites (N-methyl/N-ethyl adjacent to an activating group) is 1. The Labute approximate surface area is 125 Å². The quantitative estimate of drug-likeness (QED) is 0.752. The standard InChI is InChI=1S/C14H25N3O4/c1-3-10-8-15(2)5-4-6-16(10)14(21)17-9-11(18)7-12(17)13(19)20/h10-12,18H,3-9H2,1-2H3,(H,19,20)/t10?,11-,12+/m1/s1. The highest BCUT2D eigenvalue weighted by Crippen LogP contribution is 2.22. The Bertz CT molecular complexity index is 404. The zero-order chi connectivity index (χ0) is 15.6. The van der Waals surface area contributed by atoms with E-state index in [1.807, 2.05) is 14.0 Å². The predicted molar refractivity (Wildman–Crippen MR) is 77.0 cm³/mol. The number of β-amino-alcohol motifs (C(OH)–C–C–N with tert-alkyl or cyclic N) is 1. The van der Waals surface area contributed by atoms with E-state index in [4.69, 9.17) is 0 Å². The monoisotopic (exact) mass is 299 g/mol. The first-order valence-electron chi connectivity index (χ1n) is 7.60. The molecule has 2 amide bonds. The van der Waals surface area contributed by atoms with Gasteiger partial charge in [0.2, 0.25) is 0 Å². The minimum absolute atomic E-state index is 0.0946.